The minimum absolute atomic E-state index is 0.0680. The number of hydrogen-bond donors (Lipinski definition) is 1. The molecule has 0 atom stereocenters. The van der Waals surface area contributed by atoms with E-state index in [9.17, 15) is 4.79 Å². The van der Waals surface area contributed by atoms with Gasteiger partial charge in [-0.1, -0.05) is 32.1 Å². The number of carbonyl (C=O) groups is 1. The van der Waals surface area contributed by atoms with Crippen LogP contribution in [0, 0.1) is 5.41 Å². The van der Waals surface area contributed by atoms with Gasteiger partial charge in [0.15, 0.2) is 0 Å². The maximum atomic E-state index is 12.0. The summed E-state index contributed by atoms with van der Waals surface area (Å²) in [6.45, 7) is 9.75. The quantitative estimate of drug-likeness (QED) is 0.896. The van der Waals surface area contributed by atoms with Gasteiger partial charge in [0.05, 0.1) is 0 Å². The van der Waals surface area contributed by atoms with Crippen molar-refractivity contribution in [3.8, 4) is 0 Å². The third-order valence-corrected chi connectivity index (χ3v) is 2.86. The van der Waals surface area contributed by atoms with Crippen molar-refractivity contribution in [3.05, 3.63) is 5.01 Å². The van der Waals surface area contributed by atoms with Crippen LogP contribution >= 0.6 is 11.3 Å². The molecule has 6 heteroatoms. The Morgan fingerprint density at radius 3 is 2.59 bits per heavy atom. The second kappa shape index (κ2) is 5.44. The predicted octanol–water partition coefficient (Wildman–Crippen LogP) is 2.09. The van der Waals surface area contributed by atoms with E-state index in [4.69, 9.17) is 0 Å². The van der Waals surface area contributed by atoms with E-state index >= 15 is 0 Å². The van der Waals surface area contributed by atoms with E-state index in [-0.39, 0.29) is 11.3 Å². The normalized spacial score (nSPS) is 11.4. The van der Waals surface area contributed by atoms with Crippen molar-refractivity contribution in [1.82, 2.24) is 15.1 Å². The van der Waals surface area contributed by atoms with Gasteiger partial charge < -0.3 is 10.2 Å². The number of anilines is 1. The third-order valence-electron chi connectivity index (χ3n) is 1.99. The fourth-order valence-corrected chi connectivity index (χ4v) is 2.29. The minimum Gasteiger partial charge on any atom is -0.360 e. The summed E-state index contributed by atoms with van der Waals surface area (Å²) >= 11 is 1.30. The van der Waals surface area contributed by atoms with Crippen LogP contribution in [0.3, 0.4) is 0 Å². The molecule has 1 heterocycles. The molecular weight excluding hydrogens is 236 g/mol. The van der Waals surface area contributed by atoms with E-state index in [0.29, 0.717) is 16.7 Å². The third kappa shape index (κ3) is 4.30. The van der Waals surface area contributed by atoms with Gasteiger partial charge in [-0.15, -0.1) is 10.2 Å². The van der Waals surface area contributed by atoms with Gasteiger partial charge in [0, 0.05) is 20.1 Å². The number of nitrogens with zero attached hydrogens (tertiary/aromatic N) is 3. The van der Waals surface area contributed by atoms with Crippen molar-refractivity contribution in [2.75, 3.05) is 25.5 Å². The molecule has 1 aromatic heterocycles. The van der Waals surface area contributed by atoms with Gasteiger partial charge in [0.25, 0.3) is 5.91 Å². The molecule has 0 saturated carbocycles. The van der Waals surface area contributed by atoms with Crippen molar-refractivity contribution >= 4 is 22.4 Å². The molecular formula is C11H20N4OS. The first-order valence-corrected chi connectivity index (χ1v) is 6.48. The molecule has 96 valence electrons. The SMILES string of the molecule is CCNc1nnc(C(=O)N(C)CC(C)(C)C)s1. The minimum atomic E-state index is -0.0680. The lowest BCUT2D eigenvalue weighted by Crippen LogP contribution is -2.34. The largest absolute Gasteiger partial charge is 0.360 e. The van der Waals surface area contributed by atoms with Crippen molar-refractivity contribution < 1.29 is 4.79 Å². The lowest BCUT2D eigenvalue weighted by molar-refractivity contribution is 0.0744. The molecule has 0 saturated heterocycles. The first-order valence-electron chi connectivity index (χ1n) is 5.66. The van der Waals surface area contributed by atoms with Gasteiger partial charge in [-0.05, 0) is 12.3 Å². The Morgan fingerprint density at radius 2 is 2.06 bits per heavy atom. The molecule has 0 spiro atoms. The van der Waals surface area contributed by atoms with Crippen LogP contribution in [0.4, 0.5) is 5.13 Å². The summed E-state index contributed by atoms with van der Waals surface area (Å²) in [5, 5.41) is 12.0. The Morgan fingerprint density at radius 1 is 1.41 bits per heavy atom. The summed E-state index contributed by atoms with van der Waals surface area (Å²) in [5.41, 5.74) is 0.0829. The van der Waals surface area contributed by atoms with Crippen molar-refractivity contribution in [3.63, 3.8) is 0 Å². The van der Waals surface area contributed by atoms with Crippen LogP contribution in [-0.4, -0.2) is 41.1 Å². The fraction of sp³-hybridized carbons (Fsp3) is 0.727. The maximum Gasteiger partial charge on any atom is 0.284 e. The van der Waals surface area contributed by atoms with Crippen LogP contribution in [0.1, 0.15) is 37.5 Å². The van der Waals surface area contributed by atoms with Crippen LogP contribution in [-0.2, 0) is 0 Å². The van der Waals surface area contributed by atoms with Gasteiger partial charge >= 0.3 is 0 Å². The van der Waals surface area contributed by atoms with Gasteiger partial charge in [-0.25, -0.2) is 0 Å². The molecule has 0 aliphatic heterocycles. The first kappa shape index (κ1) is 13.9. The first-order chi connectivity index (χ1) is 7.83. The molecule has 0 aromatic carbocycles. The molecule has 1 rings (SSSR count). The second-order valence-corrected chi connectivity index (χ2v) is 6.14. The van der Waals surface area contributed by atoms with Crippen LogP contribution in [0.5, 0.6) is 0 Å². The highest BCUT2D eigenvalue weighted by atomic mass is 32.1. The second-order valence-electron chi connectivity index (χ2n) is 5.16. The molecule has 0 unspecified atom stereocenters. The van der Waals surface area contributed by atoms with Crippen LogP contribution < -0.4 is 5.32 Å². The summed E-state index contributed by atoms with van der Waals surface area (Å²) in [6.07, 6.45) is 0. The molecule has 1 amide bonds. The lowest BCUT2D eigenvalue weighted by atomic mass is 9.96. The Balaban J connectivity index is 2.68. The topological polar surface area (TPSA) is 58.1 Å². The van der Waals surface area contributed by atoms with E-state index in [0.717, 1.165) is 6.54 Å². The zero-order chi connectivity index (χ0) is 13.1. The Bertz CT molecular complexity index is 383. The van der Waals surface area contributed by atoms with Crippen LogP contribution in [0.25, 0.3) is 0 Å². The van der Waals surface area contributed by atoms with E-state index < -0.39 is 0 Å². The smallest absolute Gasteiger partial charge is 0.284 e. The Hall–Kier alpha value is -1.17. The molecule has 1 N–H and O–H groups in total. The van der Waals surface area contributed by atoms with E-state index in [1.807, 2.05) is 6.92 Å². The Kier molecular flexibility index (Phi) is 4.45. The molecule has 1 aromatic rings. The van der Waals surface area contributed by atoms with Crippen LogP contribution in [0.15, 0.2) is 0 Å². The van der Waals surface area contributed by atoms with Gasteiger partial charge in [0.2, 0.25) is 10.1 Å². The summed E-state index contributed by atoms with van der Waals surface area (Å²) in [5.74, 6) is -0.0680. The zero-order valence-electron chi connectivity index (χ0n) is 11.1. The van der Waals surface area contributed by atoms with Crippen molar-refractivity contribution in [2.45, 2.75) is 27.7 Å². The molecule has 0 aliphatic rings. The summed E-state index contributed by atoms with van der Waals surface area (Å²) < 4.78 is 0. The molecule has 0 radical (unpaired) electrons. The number of amides is 1. The van der Waals surface area contributed by atoms with Crippen LogP contribution in [0.2, 0.25) is 0 Å². The molecule has 0 bridgehead atoms. The molecule has 0 aliphatic carbocycles. The van der Waals surface area contributed by atoms with Gasteiger partial charge in [-0.2, -0.15) is 0 Å². The number of rotatable bonds is 4. The zero-order valence-corrected chi connectivity index (χ0v) is 11.9. The molecule has 17 heavy (non-hydrogen) atoms. The fourth-order valence-electron chi connectivity index (χ4n) is 1.48. The van der Waals surface area contributed by atoms with E-state index in [2.05, 4.69) is 36.3 Å². The standard InChI is InChI=1S/C11H20N4OS/c1-6-12-10-14-13-8(17-10)9(16)15(5)7-11(2,3)4/h6-7H2,1-5H3,(H,12,14). The van der Waals surface area contributed by atoms with Gasteiger partial charge in [0.1, 0.15) is 0 Å². The number of carbonyl (C=O) groups excluding carboxylic acids is 1. The monoisotopic (exact) mass is 256 g/mol. The number of hydrogen-bond acceptors (Lipinski definition) is 5. The number of nitrogens with one attached hydrogen (secondary N) is 1. The highest BCUT2D eigenvalue weighted by molar-refractivity contribution is 7.17. The van der Waals surface area contributed by atoms with Crippen molar-refractivity contribution in [2.24, 2.45) is 5.41 Å². The average Bonchev–Trinajstić information content (AvgIpc) is 2.63. The van der Waals surface area contributed by atoms with E-state index in [1.165, 1.54) is 11.3 Å². The summed E-state index contributed by atoms with van der Waals surface area (Å²) in [6, 6.07) is 0. The average molecular weight is 256 g/mol. The molecule has 0 fully saturated rings. The summed E-state index contributed by atoms with van der Waals surface area (Å²) in [7, 11) is 1.79. The highest BCUT2D eigenvalue weighted by Crippen LogP contribution is 2.19. The van der Waals surface area contributed by atoms with Crippen molar-refractivity contribution in [1.29, 1.82) is 0 Å². The molecule has 5 nitrogen and oxygen atoms in total. The van der Waals surface area contributed by atoms with Gasteiger partial charge in [-0.3, -0.25) is 4.79 Å². The predicted molar refractivity (Wildman–Crippen MR) is 70.5 cm³/mol. The number of aromatic nitrogens is 2. The Labute approximate surface area is 106 Å². The lowest BCUT2D eigenvalue weighted by Gasteiger charge is -2.25. The van der Waals surface area contributed by atoms with E-state index in [1.54, 1.807) is 11.9 Å². The summed E-state index contributed by atoms with van der Waals surface area (Å²) in [4.78, 5) is 13.7. The highest BCUT2D eigenvalue weighted by Gasteiger charge is 2.21. The maximum absolute atomic E-state index is 12.0.